The SMILES string of the molecule is Cc1ccccc1-n1cnnc1SC(C)C(=O)Nc1ccccc1-c1ccccc1. The molecule has 0 saturated carbocycles. The molecule has 5 nitrogen and oxygen atoms in total. The van der Waals surface area contributed by atoms with Gasteiger partial charge in [0, 0.05) is 11.3 Å². The molecule has 4 aromatic rings. The molecule has 1 aromatic heterocycles. The Labute approximate surface area is 180 Å². The maximum absolute atomic E-state index is 12.9. The molecule has 0 spiro atoms. The number of amides is 1. The number of rotatable bonds is 6. The van der Waals surface area contributed by atoms with Gasteiger partial charge in [0.2, 0.25) is 5.91 Å². The highest BCUT2D eigenvalue weighted by atomic mass is 32.2. The number of aromatic nitrogens is 3. The van der Waals surface area contributed by atoms with Crippen LogP contribution >= 0.6 is 11.8 Å². The third-order valence-corrected chi connectivity index (χ3v) is 5.87. The fourth-order valence-electron chi connectivity index (χ4n) is 3.21. The molecule has 1 atom stereocenters. The highest BCUT2D eigenvalue weighted by Gasteiger charge is 2.20. The fourth-order valence-corrected chi connectivity index (χ4v) is 4.05. The summed E-state index contributed by atoms with van der Waals surface area (Å²) in [6.07, 6.45) is 1.68. The van der Waals surface area contributed by atoms with Crippen LogP contribution in [0.15, 0.2) is 90.3 Å². The third-order valence-electron chi connectivity index (χ3n) is 4.81. The van der Waals surface area contributed by atoms with Crippen molar-refractivity contribution in [1.82, 2.24) is 14.8 Å². The molecule has 0 aliphatic heterocycles. The van der Waals surface area contributed by atoms with Crippen molar-refractivity contribution in [2.45, 2.75) is 24.3 Å². The molecule has 30 heavy (non-hydrogen) atoms. The van der Waals surface area contributed by atoms with Gasteiger partial charge in [0.1, 0.15) is 6.33 Å². The lowest BCUT2D eigenvalue weighted by Crippen LogP contribution is -2.23. The number of anilines is 1. The molecule has 1 heterocycles. The maximum Gasteiger partial charge on any atom is 0.237 e. The smallest absolute Gasteiger partial charge is 0.237 e. The maximum atomic E-state index is 12.9. The molecule has 0 aliphatic rings. The van der Waals surface area contributed by atoms with Crippen LogP contribution in [-0.2, 0) is 4.79 Å². The minimum Gasteiger partial charge on any atom is -0.325 e. The Morgan fingerprint density at radius 3 is 2.47 bits per heavy atom. The van der Waals surface area contributed by atoms with Crippen LogP contribution in [0.5, 0.6) is 0 Å². The van der Waals surface area contributed by atoms with E-state index in [1.165, 1.54) is 11.8 Å². The number of benzene rings is 3. The quantitative estimate of drug-likeness (QED) is 0.431. The summed E-state index contributed by atoms with van der Waals surface area (Å²) in [5, 5.41) is 11.7. The van der Waals surface area contributed by atoms with Crippen molar-refractivity contribution in [2.75, 3.05) is 5.32 Å². The first-order valence-electron chi connectivity index (χ1n) is 9.71. The zero-order valence-corrected chi connectivity index (χ0v) is 17.6. The number of aryl methyl sites for hydroxylation is 1. The first kappa shape index (κ1) is 19.9. The molecule has 150 valence electrons. The summed E-state index contributed by atoms with van der Waals surface area (Å²) in [5.74, 6) is -0.0808. The molecule has 0 saturated heterocycles. The first-order chi connectivity index (χ1) is 14.6. The molecule has 1 N–H and O–H groups in total. The van der Waals surface area contributed by atoms with E-state index >= 15 is 0 Å². The molecule has 0 aliphatic carbocycles. The van der Waals surface area contributed by atoms with Crippen molar-refractivity contribution in [3.8, 4) is 16.8 Å². The van der Waals surface area contributed by atoms with Crippen LogP contribution < -0.4 is 5.32 Å². The lowest BCUT2D eigenvalue weighted by molar-refractivity contribution is -0.115. The van der Waals surface area contributed by atoms with Crippen LogP contribution in [0.25, 0.3) is 16.8 Å². The number of thioether (sulfide) groups is 1. The van der Waals surface area contributed by atoms with E-state index in [0.717, 1.165) is 28.1 Å². The van der Waals surface area contributed by atoms with Gasteiger partial charge >= 0.3 is 0 Å². The molecular formula is C24H22N4OS. The van der Waals surface area contributed by atoms with Gasteiger partial charge in [-0.05, 0) is 37.1 Å². The van der Waals surface area contributed by atoms with Crippen LogP contribution in [0.3, 0.4) is 0 Å². The van der Waals surface area contributed by atoms with Gasteiger partial charge in [0.25, 0.3) is 0 Å². The van der Waals surface area contributed by atoms with Gasteiger partial charge in [-0.1, -0.05) is 78.5 Å². The summed E-state index contributed by atoms with van der Waals surface area (Å²) < 4.78 is 1.92. The number of hydrogen-bond acceptors (Lipinski definition) is 4. The normalized spacial score (nSPS) is 11.8. The van der Waals surface area contributed by atoms with Crippen LogP contribution in [0.2, 0.25) is 0 Å². The Morgan fingerprint density at radius 2 is 1.67 bits per heavy atom. The van der Waals surface area contributed by atoms with Gasteiger partial charge in [0.05, 0.1) is 10.9 Å². The largest absolute Gasteiger partial charge is 0.325 e. The van der Waals surface area contributed by atoms with Crippen molar-refractivity contribution in [1.29, 1.82) is 0 Å². The lowest BCUT2D eigenvalue weighted by Gasteiger charge is -2.15. The average Bonchev–Trinajstić information content (AvgIpc) is 3.23. The van der Waals surface area contributed by atoms with Crippen molar-refractivity contribution < 1.29 is 4.79 Å². The predicted molar refractivity (Wildman–Crippen MR) is 122 cm³/mol. The Bertz CT molecular complexity index is 1160. The molecule has 6 heteroatoms. The van der Waals surface area contributed by atoms with Gasteiger partial charge < -0.3 is 5.32 Å². The monoisotopic (exact) mass is 414 g/mol. The average molecular weight is 415 g/mol. The highest BCUT2D eigenvalue weighted by molar-refractivity contribution is 8.00. The standard InChI is InChI=1S/C24H22N4OS/c1-17-10-6-9-15-22(17)28-16-25-27-24(28)30-18(2)23(29)26-21-14-8-7-13-20(21)19-11-4-3-5-12-19/h3-16,18H,1-2H3,(H,26,29). The second kappa shape index (κ2) is 8.97. The Balaban J connectivity index is 1.52. The van der Waals surface area contributed by atoms with Crippen LogP contribution in [0.1, 0.15) is 12.5 Å². The molecule has 0 radical (unpaired) electrons. The second-order valence-corrected chi connectivity index (χ2v) is 8.24. The van der Waals surface area contributed by atoms with Crippen molar-refractivity contribution >= 4 is 23.4 Å². The van der Waals surface area contributed by atoms with Gasteiger partial charge in [-0.15, -0.1) is 10.2 Å². The minimum absolute atomic E-state index is 0.0808. The Morgan fingerprint density at radius 1 is 0.967 bits per heavy atom. The number of nitrogens with zero attached hydrogens (tertiary/aromatic N) is 3. The van der Waals surface area contributed by atoms with Gasteiger partial charge in [-0.2, -0.15) is 0 Å². The summed E-state index contributed by atoms with van der Waals surface area (Å²) in [5.41, 5.74) is 4.97. The van der Waals surface area contributed by atoms with Gasteiger partial charge in [-0.3, -0.25) is 9.36 Å². The minimum atomic E-state index is -0.346. The molecule has 3 aromatic carbocycles. The van der Waals surface area contributed by atoms with Crippen molar-refractivity contribution in [2.24, 2.45) is 0 Å². The van der Waals surface area contributed by atoms with Gasteiger partial charge in [-0.25, -0.2) is 0 Å². The zero-order valence-electron chi connectivity index (χ0n) is 16.8. The van der Waals surface area contributed by atoms with E-state index in [9.17, 15) is 4.79 Å². The Kier molecular flexibility index (Phi) is 5.95. The van der Waals surface area contributed by atoms with E-state index in [2.05, 4.69) is 15.5 Å². The lowest BCUT2D eigenvalue weighted by atomic mass is 10.0. The van der Waals surface area contributed by atoms with Crippen molar-refractivity contribution in [3.05, 3.63) is 90.8 Å². The highest BCUT2D eigenvalue weighted by Crippen LogP contribution is 2.30. The van der Waals surface area contributed by atoms with Crippen molar-refractivity contribution in [3.63, 3.8) is 0 Å². The fraction of sp³-hybridized carbons (Fsp3) is 0.125. The number of carbonyl (C=O) groups excluding carboxylic acids is 1. The summed E-state index contributed by atoms with van der Waals surface area (Å²) in [6.45, 7) is 3.92. The molecular weight excluding hydrogens is 392 g/mol. The molecule has 1 unspecified atom stereocenters. The summed E-state index contributed by atoms with van der Waals surface area (Å²) >= 11 is 1.39. The number of carbonyl (C=O) groups is 1. The van der Waals surface area contributed by atoms with Crippen LogP contribution in [0, 0.1) is 6.92 Å². The van der Waals surface area contributed by atoms with E-state index in [1.54, 1.807) is 6.33 Å². The van der Waals surface area contributed by atoms with Gasteiger partial charge in [0.15, 0.2) is 5.16 Å². The van der Waals surface area contributed by atoms with E-state index < -0.39 is 0 Å². The topological polar surface area (TPSA) is 59.8 Å². The summed E-state index contributed by atoms with van der Waals surface area (Å²) in [6, 6.07) is 25.9. The third kappa shape index (κ3) is 4.28. The van der Waals surface area contributed by atoms with Crippen LogP contribution in [-0.4, -0.2) is 25.9 Å². The van der Waals surface area contributed by atoms with E-state index in [4.69, 9.17) is 0 Å². The van der Waals surface area contributed by atoms with E-state index in [0.29, 0.717) is 5.16 Å². The predicted octanol–water partition coefficient (Wildman–Crippen LogP) is 5.36. The summed E-state index contributed by atoms with van der Waals surface area (Å²) in [7, 11) is 0. The van der Waals surface area contributed by atoms with Crippen LogP contribution in [0.4, 0.5) is 5.69 Å². The van der Waals surface area contributed by atoms with E-state index in [-0.39, 0.29) is 11.2 Å². The van der Waals surface area contributed by atoms with E-state index in [1.807, 2.05) is 97.3 Å². The Hall–Kier alpha value is -3.38. The molecule has 0 fully saturated rings. The molecule has 4 rings (SSSR count). The molecule has 0 bridgehead atoms. The first-order valence-corrected chi connectivity index (χ1v) is 10.6. The number of para-hydroxylation sites is 2. The number of nitrogens with one attached hydrogen (secondary N) is 1. The second-order valence-electron chi connectivity index (χ2n) is 6.93. The summed E-state index contributed by atoms with van der Waals surface area (Å²) in [4.78, 5) is 12.9. The number of hydrogen-bond donors (Lipinski definition) is 1. The molecule has 1 amide bonds. The zero-order chi connectivity index (χ0) is 20.9.